The Bertz CT molecular complexity index is 459. The molecule has 0 aliphatic rings. The first-order valence-corrected chi connectivity index (χ1v) is 5.64. The van der Waals surface area contributed by atoms with E-state index in [2.05, 4.69) is 5.32 Å². The molecule has 0 saturated carbocycles. The van der Waals surface area contributed by atoms with E-state index in [0.29, 0.717) is 6.54 Å². The van der Waals surface area contributed by atoms with Crippen LogP contribution >= 0.6 is 0 Å². The van der Waals surface area contributed by atoms with E-state index in [0.717, 1.165) is 22.8 Å². The Kier molecular flexibility index (Phi) is 3.66. The van der Waals surface area contributed by atoms with Gasteiger partial charge in [-0.25, -0.2) is 0 Å². The van der Waals surface area contributed by atoms with Crippen LogP contribution in [-0.4, -0.2) is 11.7 Å². The van der Waals surface area contributed by atoms with Gasteiger partial charge in [0.15, 0.2) is 0 Å². The monoisotopic (exact) mass is 235 g/mol. The highest BCUT2D eigenvalue weighted by molar-refractivity contribution is 5.20. The molecule has 4 nitrogen and oxygen atoms in total. The van der Waals surface area contributed by atoms with Crippen LogP contribution < -0.4 is 5.32 Å². The molecule has 2 rings (SSSR count). The van der Waals surface area contributed by atoms with Crippen LogP contribution in [0, 0.1) is 13.8 Å². The average Bonchev–Trinajstić information content (AvgIpc) is 2.90. The van der Waals surface area contributed by atoms with Gasteiger partial charge in [-0.05, 0) is 32.0 Å². The number of hydrogen-bond donors (Lipinski definition) is 2. The van der Waals surface area contributed by atoms with Gasteiger partial charge < -0.3 is 19.3 Å². The van der Waals surface area contributed by atoms with Crippen molar-refractivity contribution >= 4 is 0 Å². The van der Waals surface area contributed by atoms with E-state index in [1.54, 1.807) is 6.26 Å². The van der Waals surface area contributed by atoms with Crippen molar-refractivity contribution in [3.8, 4) is 0 Å². The van der Waals surface area contributed by atoms with Crippen LogP contribution in [-0.2, 0) is 6.54 Å². The molecule has 2 aromatic heterocycles. The Hall–Kier alpha value is -1.52. The van der Waals surface area contributed by atoms with Gasteiger partial charge in [0.25, 0.3) is 0 Å². The third kappa shape index (κ3) is 2.78. The first-order chi connectivity index (χ1) is 8.20. The second-order valence-electron chi connectivity index (χ2n) is 4.07. The summed E-state index contributed by atoms with van der Waals surface area (Å²) in [5.41, 5.74) is 1.10. The normalized spacial score (nSPS) is 12.9. The lowest BCUT2D eigenvalue weighted by molar-refractivity contribution is 0.225. The topological polar surface area (TPSA) is 58.5 Å². The van der Waals surface area contributed by atoms with Crippen molar-refractivity contribution in [2.45, 2.75) is 26.4 Å². The molecule has 0 aromatic carbocycles. The molecular weight excluding hydrogens is 218 g/mol. The molecule has 1 unspecified atom stereocenters. The summed E-state index contributed by atoms with van der Waals surface area (Å²) in [4.78, 5) is 0. The third-order valence-corrected chi connectivity index (χ3v) is 2.75. The lowest BCUT2D eigenvalue weighted by Crippen LogP contribution is -2.23. The first-order valence-electron chi connectivity index (χ1n) is 5.64. The molecule has 1 atom stereocenters. The summed E-state index contributed by atoms with van der Waals surface area (Å²) in [6.45, 7) is 4.51. The van der Waals surface area contributed by atoms with Gasteiger partial charge in [0.1, 0.15) is 17.3 Å². The van der Waals surface area contributed by atoms with E-state index in [-0.39, 0.29) is 12.6 Å². The molecule has 17 heavy (non-hydrogen) atoms. The van der Waals surface area contributed by atoms with Crippen molar-refractivity contribution in [2.75, 3.05) is 6.61 Å². The van der Waals surface area contributed by atoms with Crippen molar-refractivity contribution in [1.29, 1.82) is 0 Å². The van der Waals surface area contributed by atoms with E-state index in [9.17, 15) is 5.11 Å². The van der Waals surface area contributed by atoms with Crippen LogP contribution in [0.3, 0.4) is 0 Å². The average molecular weight is 235 g/mol. The fourth-order valence-corrected chi connectivity index (χ4v) is 1.84. The van der Waals surface area contributed by atoms with Gasteiger partial charge in [-0.15, -0.1) is 0 Å². The number of furan rings is 2. The van der Waals surface area contributed by atoms with Gasteiger partial charge in [0, 0.05) is 12.1 Å². The number of aliphatic hydroxyl groups excluding tert-OH is 1. The van der Waals surface area contributed by atoms with E-state index in [4.69, 9.17) is 8.83 Å². The zero-order chi connectivity index (χ0) is 12.3. The largest absolute Gasteiger partial charge is 0.468 e. The Morgan fingerprint density at radius 3 is 2.76 bits per heavy atom. The molecule has 0 aliphatic heterocycles. The van der Waals surface area contributed by atoms with Crippen molar-refractivity contribution in [2.24, 2.45) is 0 Å². The molecule has 0 saturated heterocycles. The summed E-state index contributed by atoms with van der Waals surface area (Å²) in [7, 11) is 0. The molecule has 0 fully saturated rings. The summed E-state index contributed by atoms with van der Waals surface area (Å²) < 4.78 is 10.7. The van der Waals surface area contributed by atoms with E-state index >= 15 is 0 Å². The van der Waals surface area contributed by atoms with Gasteiger partial charge in [-0.3, -0.25) is 0 Å². The molecule has 0 bridgehead atoms. The highest BCUT2D eigenvalue weighted by Gasteiger charge is 2.13. The van der Waals surface area contributed by atoms with Crippen LogP contribution in [0.4, 0.5) is 0 Å². The van der Waals surface area contributed by atoms with Gasteiger partial charge in [-0.2, -0.15) is 0 Å². The van der Waals surface area contributed by atoms with Crippen LogP contribution in [0.1, 0.15) is 28.9 Å². The molecular formula is C13H17NO3. The molecule has 0 radical (unpaired) electrons. The number of aliphatic hydroxyl groups is 1. The van der Waals surface area contributed by atoms with E-state index in [1.165, 1.54) is 0 Å². The number of hydrogen-bond acceptors (Lipinski definition) is 4. The van der Waals surface area contributed by atoms with Crippen molar-refractivity contribution < 1.29 is 13.9 Å². The Morgan fingerprint density at radius 2 is 2.24 bits per heavy atom. The molecule has 0 spiro atoms. The van der Waals surface area contributed by atoms with Crippen LogP contribution in [0.15, 0.2) is 33.3 Å². The number of aryl methyl sites for hydroxylation is 2. The standard InChI is InChI=1S/C13H17NO3/c1-9-6-11(10(2)17-9)7-14-12(8-15)13-4-3-5-16-13/h3-6,12,14-15H,7-8H2,1-2H3. The zero-order valence-corrected chi connectivity index (χ0v) is 10.1. The Labute approximate surface area is 100 Å². The minimum absolute atomic E-state index is 0.00337. The SMILES string of the molecule is Cc1cc(CNC(CO)c2ccco2)c(C)o1. The molecule has 0 aliphatic carbocycles. The zero-order valence-electron chi connectivity index (χ0n) is 10.1. The van der Waals surface area contributed by atoms with E-state index < -0.39 is 0 Å². The summed E-state index contributed by atoms with van der Waals surface area (Å²) >= 11 is 0. The molecule has 4 heteroatoms. The maximum atomic E-state index is 9.30. The van der Waals surface area contributed by atoms with Crippen LogP contribution in [0.2, 0.25) is 0 Å². The predicted molar refractivity (Wildman–Crippen MR) is 63.6 cm³/mol. The van der Waals surface area contributed by atoms with Crippen molar-refractivity contribution in [3.05, 3.63) is 47.3 Å². The Morgan fingerprint density at radius 1 is 1.41 bits per heavy atom. The van der Waals surface area contributed by atoms with Crippen molar-refractivity contribution in [1.82, 2.24) is 5.32 Å². The van der Waals surface area contributed by atoms with Gasteiger partial charge >= 0.3 is 0 Å². The van der Waals surface area contributed by atoms with Crippen LogP contribution in [0.5, 0.6) is 0 Å². The number of rotatable bonds is 5. The maximum Gasteiger partial charge on any atom is 0.123 e. The Balaban J connectivity index is 1.99. The highest BCUT2D eigenvalue weighted by Crippen LogP contribution is 2.17. The molecule has 92 valence electrons. The fourth-order valence-electron chi connectivity index (χ4n) is 1.84. The van der Waals surface area contributed by atoms with Crippen LogP contribution in [0.25, 0.3) is 0 Å². The van der Waals surface area contributed by atoms with Crippen molar-refractivity contribution in [3.63, 3.8) is 0 Å². The summed E-state index contributed by atoms with van der Waals surface area (Å²) in [5.74, 6) is 2.55. The lowest BCUT2D eigenvalue weighted by Gasteiger charge is -2.13. The fraction of sp³-hybridized carbons (Fsp3) is 0.385. The van der Waals surface area contributed by atoms with Gasteiger partial charge in [0.2, 0.25) is 0 Å². The van der Waals surface area contributed by atoms with Gasteiger partial charge in [-0.1, -0.05) is 0 Å². The molecule has 0 amide bonds. The van der Waals surface area contributed by atoms with Gasteiger partial charge in [0.05, 0.1) is 18.9 Å². The molecule has 2 aromatic rings. The minimum Gasteiger partial charge on any atom is -0.468 e. The first kappa shape index (κ1) is 12.0. The minimum atomic E-state index is -0.181. The second kappa shape index (κ2) is 5.21. The second-order valence-corrected chi connectivity index (χ2v) is 4.07. The maximum absolute atomic E-state index is 9.30. The molecule has 2 N–H and O–H groups in total. The number of nitrogens with one attached hydrogen (secondary N) is 1. The summed E-state index contributed by atoms with van der Waals surface area (Å²) in [5, 5.41) is 12.5. The highest BCUT2D eigenvalue weighted by atomic mass is 16.3. The third-order valence-electron chi connectivity index (χ3n) is 2.75. The summed E-state index contributed by atoms with van der Waals surface area (Å²) in [6.07, 6.45) is 1.60. The lowest BCUT2D eigenvalue weighted by atomic mass is 10.2. The quantitative estimate of drug-likeness (QED) is 0.835. The predicted octanol–water partition coefficient (Wildman–Crippen LogP) is 2.31. The smallest absolute Gasteiger partial charge is 0.123 e. The molecule has 2 heterocycles. The summed E-state index contributed by atoms with van der Waals surface area (Å²) in [6, 6.07) is 5.48. The van der Waals surface area contributed by atoms with E-state index in [1.807, 2.05) is 32.0 Å².